The quantitative estimate of drug-likeness (QED) is 0.874. The van der Waals surface area contributed by atoms with Crippen LogP contribution in [0.2, 0.25) is 0 Å². The average molecular weight is 315 g/mol. The molecule has 0 N–H and O–H groups in total. The zero-order valence-corrected chi connectivity index (χ0v) is 11.8. The Morgan fingerprint density at radius 2 is 2.35 bits per heavy atom. The third-order valence-electron chi connectivity index (χ3n) is 2.36. The number of hydrogen-bond donors (Lipinski definition) is 0. The molecule has 0 atom stereocenters. The van der Waals surface area contributed by atoms with Crippen LogP contribution >= 0.6 is 27.3 Å². The molecule has 4 nitrogen and oxygen atoms in total. The van der Waals surface area contributed by atoms with Gasteiger partial charge in [-0.05, 0) is 35.0 Å². The molecule has 0 bridgehead atoms. The lowest BCUT2D eigenvalue weighted by Crippen LogP contribution is -2.25. The van der Waals surface area contributed by atoms with Crippen LogP contribution in [0.3, 0.4) is 0 Å². The third kappa shape index (κ3) is 2.76. The number of halogens is 1. The van der Waals surface area contributed by atoms with Gasteiger partial charge >= 0.3 is 0 Å². The maximum atomic E-state index is 12.0. The fourth-order valence-corrected chi connectivity index (χ4v) is 2.52. The molecule has 0 spiro atoms. The van der Waals surface area contributed by atoms with Gasteiger partial charge in [-0.1, -0.05) is 0 Å². The van der Waals surface area contributed by atoms with Gasteiger partial charge in [-0.15, -0.1) is 11.3 Å². The Morgan fingerprint density at radius 3 is 2.88 bits per heavy atom. The Morgan fingerprint density at radius 1 is 1.59 bits per heavy atom. The highest BCUT2D eigenvalue weighted by atomic mass is 79.9. The Hall–Kier alpha value is -1.14. The highest BCUT2D eigenvalue weighted by Crippen LogP contribution is 2.18. The Kier molecular flexibility index (Phi) is 3.63. The second kappa shape index (κ2) is 5.01. The zero-order chi connectivity index (χ0) is 12.4. The lowest BCUT2D eigenvalue weighted by Gasteiger charge is -2.14. The van der Waals surface area contributed by atoms with Gasteiger partial charge in [-0.3, -0.25) is 4.79 Å². The van der Waals surface area contributed by atoms with E-state index in [0.29, 0.717) is 17.0 Å². The highest BCUT2D eigenvalue weighted by Gasteiger charge is 2.17. The second-order valence-electron chi connectivity index (χ2n) is 3.63. The van der Waals surface area contributed by atoms with Crippen molar-refractivity contribution in [2.24, 2.45) is 0 Å². The first-order valence-electron chi connectivity index (χ1n) is 4.97. The van der Waals surface area contributed by atoms with Gasteiger partial charge in [0.2, 0.25) is 0 Å². The summed E-state index contributed by atoms with van der Waals surface area (Å²) in [5.41, 5.74) is 2.75. The van der Waals surface area contributed by atoms with Gasteiger partial charge in [0.05, 0.1) is 17.7 Å². The number of carbonyl (C=O) groups excluding carboxylic acids is 1. The monoisotopic (exact) mass is 314 g/mol. The molecule has 0 aliphatic heterocycles. The predicted molar refractivity (Wildman–Crippen MR) is 69.1 cm³/mol. The van der Waals surface area contributed by atoms with Gasteiger partial charge in [0.1, 0.15) is 0 Å². The molecule has 6 heteroatoms. The van der Waals surface area contributed by atoms with E-state index in [1.807, 2.05) is 6.92 Å². The van der Waals surface area contributed by atoms with E-state index in [9.17, 15) is 4.79 Å². The summed E-state index contributed by atoms with van der Waals surface area (Å²) in [6, 6.07) is 3.36. The van der Waals surface area contributed by atoms with Gasteiger partial charge in [0.15, 0.2) is 10.4 Å². The molecule has 0 saturated carbocycles. The number of amides is 1. The largest absolute Gasteiger partial charge is 0.444 e. The van der Waals surface area contributed by atoms with Crippen molar-refractivity contribution >= 4 is 33.2 Å². The molecule has 0 radical (unpaired) electrons. The number of thiazole rings is 1. The molecule has 2 rings (SSSR count). The second-order valence-corrected chi connectivity index (χ2v) is 5.35. The van der Waals surface area contributed by atoms with Crippen LogP contribution in [0.4, 0.5) is 0 Å². The summed E-state index contributed by atoms with van der Waals surface area (Å²) in [4.78, 5) is 18.9. The first-order chi connectivity index (χ1) is 8.08. The minimum Gasteiger partial charge on any atom is -0.444 e. The van der Waals surface area contributed by atoms with Gasteiger partial charge in [-0.2, -0.15) is 0 Å². The van der Waals surface area contributed by atoms with E-state index in [0.717, 1.165) is 10.6 Å². The average Bonchev–Trinajstić information content (AvgIpc) is 2.88. The van der Waals surface area contributed by atoms with Crippen LogP contribution in [0.5, 0.6) is 0 Å². The first kappa shape index (κ1) is 12.3. The molecule has 0 unspecified atom stereocenters. The van der Waals surface area contributed by atoms with E-state index in [1.54, 1.807) is 40.9 Å². The molecule has 17 heavy (non-hydrogen) atoms. The molecular formula is C11H11BrN2O2S. The number of aryl methyl sites for hydroxylation is 1. The number of nitrogens with zero attached hydrogens (tertiary/aromatic N) is 2. The van der Waals surface area contributed by atoms with Crippen molar-refractivity contribution in [1.82, 2.24) is 9.88 Å². The Bertz CT molecular complexity index is 535. The lowest BCUT2D eigenvalue weighted by atomic mass is 10.3. The van der Waals surface area contributed by atoms with Crippen LogP contribution < -0.4 is 0 Å². The van der Waals surface area contributed by atoms with E-state index in [2.05, 4.69) is 20.9 Å². The SMILES string of the molecule is Cc1ncsc1CN(C)C(=O)c1ccc(Br)o1. The molecule has 0 aliphatic carbocycles. The molecule has 2 aromatic heterocycles. The van der Waals surface area contributed by atoms with Crippen LogP contribution in [0.15, 0.2) is 26.7 Å². The van der Waals surface area contributed by atoms with Crippen molar-refractivity contribution in [3.8, 4) is 0 Å². The standard InChI is InChI=1S/C11H11BrN2O2S/c1-7-9(17-6-13-7)5-14(2)11(15)8-3-4-10(12)16-8/h3-4,6H,5H2,1-2H3. The summed E-state index contributed by atoms with van der Waals surface area (Å²) in [7, 11) is 1.75. The molecule has 2 aromatic rings. The van der Waals surface area contributed by atoms with Crippen LogP contribution in [0.1, 0.15) is 21.1 Å². The van der Waals surface area contributed by atoms with Crippen molar-refractivity contribution in [2.75, 3.05) is 7.05 Å². The summed E-state index contributed by atoms with van der Waals surface area (Å²) in [5, 5.41) is 0. The highest BCUT2D eigenvalue weighted by molar-refractivity contribution is 9.10. The van der Waals surface area contributed by atoms with Gasteiger partial charge in [0, 0.05) is 11.9 Å². The van der Waals surface area contributed by atoms with Gasteiger partial charge in [0.25, 0.3) is 5.91 Å². The summed E-state index contributed by atoms with van der Waals surface area (Å²) in [6.07, 6.45) is 0. The van der Waals surface area contributed by atoms with Crippen LogP contribution in [0.25, 0.3) is 0 Å². The normalized spacial score (nSPS) is 10.5. The van der Waals surface area contributed by atoms with Gasteiger partial charge < -0.3 is 9.32 Å². The number of carbonyl (C=O) groups is 1. The molecule has 2 heterocycles. The zero-order valence-electron chi connectivity index (χ0n) is 9.44. The van der Waals surface area contributed by atoms with Crippen molar-refractivity contribution in [3.63, 3.8) is 0 Å². The fraction of sp³-hybridized carbons (Fsp3) is 0.273. The van der Waals surface area contributed by atoms with Gasteiger partial charge in [-0.25, -0.2) is 4.98 Å². The van der Waals surface area contributed by atoms with E-state index < -0.39 is 0 Å². The lowest BCUT2D eigenvalue weighted by molar-refractivity contribution is 0.0753. The summed E-state index contributed by atoms with van der Waals surface area (Å²) >= 11 is 4.73. The van der Waals surface area contributed by atoms with Crippen molar-refractivity contribution < 1.29 is 9.21 Å². The Labute approximate surface area is 111 Å². The number of aromatic nitrogens is 1. The molecule has 0 aromatic carbocycles. The molecule has 0 fully saturated rings. The molecule has 90 valence electrons. The van der Waals surface area contributed by atoms with E-state index in [-0.39, 0.29) is 5.91 Å². The number of rotatable bonds is 3. The molecule has 0 aliphatic rings. The fourth-order valence-electron chi connectivity index (χ4n) is 1.38. The maximum Gasteiger partial charge on any atom is 0.289 e. The topological polar surface area (TPSA) is 46.3 Å². The van der Waals surface area contributed by atoms with Crippen LogP contribution in [0, 0.1) is 6.92 Å². The van der Waals surface area contributed by atoms with E-state index >= 15 is 0 Å². The maximum absolute atomic E-state index is 12.0. The summed E-state index contributed by atoms with van der Waals surface area (Å²) < 4.78 is 5.79. The third-order valence-corrected chi connectivity index (χ3v) is 3.70. The molecular weight excluding hydrogens is 304 g/mol. The predicted octanol–water partition coefficient (Wildman–Crippen LogP) is 3.08. The van der Waals surface area contributed by atoms with Crippen molar-refractivity contribution in [3.05, 3.63) is 38.6 Å². The first-order valence-corrected chi connectivity index (χ1v) is 6.65. The minimum atomic E-state index is -0.136. The number of hydrogen-bond acceptors (Lipinski definition) is 4. The number of furan rings is 1. The van der Waals surface area contributed by atoms with E-state index in [4.69, 9.17) is 4.42 Å². The summed E-state index contributed by atoms with van der Waals surface area (Å²) in [5.74, 6) is 0.199. The van der Waals surface area contributed by atoms with Crippen LogP contribution in [-0.4, -0.2) is 22.8 Å². The van der Waals surface area contributed by atoms with E-state index in [1.165, 1.54) is 0 Å². The molecule has 0 saturated heterocycles. The van der Waals surface area contributed by atoms with Crippen molar-refractivity contribution in [1.29, 1.82) is 0 Å². The molecule has 1 amide bonds. The summed E-state index contributed by atoms with van der Waals surface area (Å²) in [6.45, 7) is 2.49. The minimum absolute atomic E-state index is 0.136. The smallest absolute Gasteiger partial charge is 0.289 e. The van der Waals surface area contributed by atoms with Crippen molar-refractivity contribution in [2.45, 2.75) is 13.5 Å². The Balaban J connectivity index is 2.08. The van der Waals surface area contributed by atoms with Crippen LogP contribution in [-0.2, 0) is 6.54 Å².